The number of pyridine rings is 1. The predicted octanol–water partition coefficient (Wildman–Crippen LogP) is 3.07. The Labute approximate surface area is 160 Å². The van der Waals surface area contributed by atoms with Gasteiger partial charge in [0.25, 0.3) is 0 Å². The van der Waals surface area contributed by atoms with Gasteiger partial charge in [0.15, 0.2) is 0 Å². The summed E-state index contributed by atoms with van der Waals surface area (Å²) in [5, 5.41) is 9.87. The van der Waals surface area contributed by atoms with Crippen molar-refractivity contribution in [3.05, 3.63) is 59.5 Å². The lowest BCUT2D eigenvalue weighted by Crippen LogP contribution is -2.18. The molecule has 0 atom stereocenters. The molecule has 3 aromatic rings. The van der Waals surface area contributed by atoms with Crippen LogP contribution >= 0.6 is 11.8 Å². The predicted molar refractivity (Wildman–Crippen MR) is 100 cm³/mol. The molecule has 2 heterocycles. The average Bonchev–Trinajstić information content (AvgIpc) is 2.87. The summed E-state index contributed by atoms with van der Waals surface area (Å²) >= 11 is 1.32. The van der Waals surface area contributed by atoms with Crippen molar-refractivity contribution in [1.29, 1.82) is 0 Å². The summed E-state index contributed by atoms with van der Waals surface area (Å²) in [5.41, 5.74) is 2.01. The van der Waals surface area contributed by atoms with E-state index in [1.807, 2.05) is 0 Å². The fraction of sp³-hybridized carbons (Fsp3) is 0.167. The van der Waals surface area contributed by atoms with Gasteiger partial charge in [0.1, 0.15) is 5.82 Å². The second-order valence-electron chi connectivity index (χ2n) is 5.86. The summed E-state index contributed by atoms with van der Waals surface area (Å²) in [4.78, 5) is 12.1. The SMILES string of the molecule is CNS(=O)(=O)c1ccc(Sc2c(C)c(CC(=O)O)c3ccc(F)cn23)cc1. The van der Waals surface area contributed by atoms with Crippen LogP contribution < -0.4 is 4.72 Å². The van der Waals surface area contributed by atoms with E-state index in [9.17, 15) is 22.7 Å². The van der Waals surface area contributed by atoms with Crippen molar-refractivity contribution in [1.82, 2.24) is 9.12 Å². The van der Waals surface area contributed by atoms with Gasteiger partial charge in [-0.25, -0.2) is 17.5 Å². The molecule has 0 amide bonds. The Morgan fingerprint density at radius 1 is 1.22 bits per heavy atom. The Balaban J connectivity index is 2.05. The zero-order valence-electron chi connectivity index (χ0n) is 14.6. The maximum Gasteiger partial charge on any atom is 0.307 e. The van der Waals surface area contributed by atoms with Crippen molar-refractivity contribution in [2.75, 3.05) is 7.05 Å². The van der Waals surface area contributed by atoms with Crippen LogP contribution in [0.4, 0.5) is 4.39 Å². The van der Waals surface area contributed by atoms with E-state index in [-0.39, 0.29) is 11.3 Å². The summed E-state index contributed by atoms with van der Waals surface area (Å²) < 4.78 is 41.3. The van der Waals surface area contributed by atoms with Gasteiger partial charge in [0.2, 0.25) is 10.0 Å². The van der Waals surface area contributed by atoms with E-state index in [2.05, 4.69) is 4.72 Å². The smallest absolute Gasteiger partial charge is 0.307 e. The van der Waals surface area contributed by atoms with Crippen molar-refractivity contribution >= 4 is 33.3 Å². The number of fused-ring (bicyclic) bond motifs is 1. The molecule has 0 aliphatic heterocycles. The van der Waals surface area contributed by atoms with Crippen molar-refractivity contribution in [2.45, 2.75) is 28.2 Å². The lowest BCUT2D eigenvalue weighted by Gasteiger charge is -2.06. The third-order valence-electron chi connectivity index (χ3n) is 4.16. The summed E-state index contributed by atoms with van der Waals surface area (Å²) in [6.45, 7) is 1.80. The first-order valence-corrected chi connectivity index (χ1v) is 10.2. The molecule has 1 aromatic carbocycles. The summed E-state index contributed by atoms with van der Waals surface area (Å²) in [5.74, 6) is -1.40. The molecule has 0 saturated carbocycles. The molecular weight excluding hydrogens is 391 g/mol. The molecule has 0 unspecified atom stereocenters. The molecule has 27 heavy (non-hydrogen) atoms. The Bertz CT molecular complexity index is 1120. The summed E-state index contributed by atoms with van der Waals surface area (Å²) in [6.07, 6.45) is 1.15. The molecule has 0 bridgehead atoms. The Kier molecular flexibility index (Phi) is 5.27. The van der Waals surface area contributed by atoms with Crippen LogP contribution in [0.2, 0.25) is 0 Å². The second kappa shape index (κ2) is 7.34. The van der Waals surface area contributed by atoms with Crippen molar-refractivity contribution < 1.29 is 22.7 Å². The lowest BCUT2D eigenvalue weighted by molar-refractivity contribution is -0.136. The molecule has 142 valence electrons. The van der Waals surface area contributed by atoms with Gasteiger partial charge in [-0.15, -0.1) is 0 Å². The molecule has 0 aliphatic carbocycles. The number of hydrogen-bond acceptors (Lipinski definition) is 4. The highest BCUT2D eigenvalue weighted by Crippen LogP contribution is 2.36. The molecule has 0 aliphatic rings. The molecule has 3 rings (SSSR count). The number of carboxylic acids is 1. The molecule has 2 N–H and O–H groups in total. The molecular formula is C18H17FN2O4S2. The average molecular weight is 408 g/mol. The fourth-order valence-electron chi connectivity index (χ4n) is 2.81. The largest absolute Gasteiger partial charge is 0.481 e. The lowest BCUT2D eigenvalue weighted by atomic mass is 10.1. The first-order chi connectivity index (χ1) is 12.7. The van der Waals surface area contributed by atoms with Gasteiger partial charge in [0.05, 0.1) is 21.9 Å². The van der Waals surface area contributed by atoms with Gasteiger partial charge in [-0.1, -0.05) is 11.8 Å². The fourth-order valence-corrected chi connectivity index (χ4v) is 4.56. The molecule has 0 radical (unpaired) electrons. The highest BCUT2D eigenvalue weighted by Gasteiger charge is 2.19. The number of nitrogens with one attached hydrogen (secondary N) is 1. The van der Waals surface area contributed by atoms with Crippen LogP contribution in [0, 0.1) is 12.7 Å². The number of nitrogens with zero attached hydrogens (tertiary/aromatic N) is 1. The first-order valence-electron chi connectivity index (χ1n) is 7.95. The van der Waals surface area contributed by atoms with E-state index in [1.54, 1.807) is 29.5 Å². The summed E-state index contributed by atoms with van der Waals surface area (Å²) in [6, 6.07) is 9.14. The van der Waals surface area contributed by atoms with Crippen molar-refractivity contribution in [3.63, 3.8) is 0 Å². The Hall–Kier alpha value is -2.36. The monoisotopic (exact) mass is 408 g/mol. The van der Waals surface area contributed by atoms with Crippen molar-refractivity contribution in [3.8, 4) is 0 Å². The normalized spacial score (nSPS) is 11.8. The standard InChI is InChI=1S/C18H17FN2O4S2/c1-11-15(9-17(22)23)16-8-3-12(19)10-21(16)18(11)26-13-4-6-14(7-5-13)27(24,25)20-2/h3-8,10,20H,9H2,1-2H3,(H,22,23). The first kappa shape index (κ1) is 19.4. The number of rotatable bonds is 6. The quantitative estimate of drug-likeness (QED) is 0.655. The number of aromatic nitrogens is 1. The van der Waals surface area contributed by atoms with E-state index in [1.165, 1.54) is 43.2 Å². The minimum absolute atomic E-state index is 0.142. The van der Waals surface area contributed by atoms with Gasteiger partial charge < -0.3 is 9.51 Å². The highest BCUT2D eigenvalue weighted by atomic mass is 32.2. The van der Waals surface area contributed by atoms with E-state index in [0.717, 1.165) is 10.5 Å². The van der Waals surface area contributed by atoms with Crippen LogP contribution in [0.1, 0.15) is 11.1 Å². The number of sulfonamides is 1. The Morgan fingerprint density at radius 2 is 1.89 bits per heavy atom. The number of hydrogen-bond donors (Lipinski definition) is 2. The van der Waals surface area contributed by atoms with Gasteiger partial charge in [-0.3, -0.25) is 4.79 Å². The Morgan fingerprint density at radius 3 is 2.48 bits per heavy atom. The number of carboxylic acid groups (broad SMARTS) is 1. The van der Waals surface area contributed by atoms with Gasteiger partial charge >= 0.3 is 5.97 Å². The van der Waals surface area contributed by atoms with Crippen LogP contribution in [0.25, 0.3) is 5.52 Å². The van der Waals surface area contributed by atoms with Crippen LogP contribution in [-0.2, 0) is 21.2 Å². The van der Waals surface area contributed by atoms with Crippen molar-refractivity contribution in [2.24, 2.45) is 0 Å². The van der Waals surface area contributed by atoms with Crippen LogP contribution in [0.15, 0.2) is 57.4 Å². The third-order valence-corrected chi connectivity index (χ3v) is 6.79. The topological polar surface area (TPSA) is 87.9 Å². The van der Waals surface area contributed by atoms with Crippen LogP contribution in [0.5, 0.6) is 0 Å². The zero-order valence-corrected chi connectivity index (χ0v) is 16.2. The third kappa shape index (κ3) is 3.85. The van der Waals surface area contributed by atoms with E-state index in [4.69, 9.17) is 0 Å². The van der Waals surface area contributed by atoms with Crippen LogP contribution in [-0.4, -0.2) is 30.9 Å². The van der Waals surface area contributed by atoms with E-state index in [0.29, 0.717) is 16.1 Å². The maximum absolute atomic E-state index is 13.8. The molecule has 0 fully saturated rings. The molecule has 6 nitrogen and oxygen atoms in total. The molecule has 0 spiro atoms. The molecule has 9 heteroatoms. The highest BCUT2D eigenvalue weighted by molar-refractivity contribution is 7.99. The number of aliphatic carboxylic acids is 1. The van der Waals surface area contributed by atoms with Gasteiger partial charge in [-0.2, -0.15) is 0 Å². The van der Waals surface area contributed by atoms with E-state index >= 15 is 0 Å². The molecule has 2 aromatic heterocycles. The number of carbonyl (C=O) groups is 1. The second-order valence-corrected chi connectivity index (χ2v) is 8.81. The molecule has 0 saturated heterocycles. The maximum atomic E-state index is 13.8. The minimum Gasteiger partial charge on any atom is -0.481 e. The number of benzene rings is 1. The number of halogens is 1. The minimum atomic E-state index is -3.52. The van der Waals surface area contributed by atoms with Crippen LogP contribution in [0.3, 0.4) is 0 Å². The van der Waals surface area contributed by atoms with E-state index < -0.39 is 21.8 Å². The van der Waals surface area contributed by atoms with Gasteiger partial charge in [0, 0.05) is 11.1 Å². The van der Waals surface area contributed by atoms with Gasteiger partial charge in [-0.05, 0) is 61.5 Å². The summed E-state index contributed by atoms with van der Waals surface area (Å²) in [7, 11) is -2.19. The zero-order chi connectivity index (χ0) is 19.8.